The average Bonchev–Trinajstić information content (AvgIpc) is 2.26. The molecule has 8 nitrogen and oxygen atoms in total. The van der Waals surface area contributed by atoms with Crippen molar-refractivity contribution in [3.05, 3.63) is 34.4 Å². The van der Waals surface area contributed by atoms with Gasteiger partial charge in [0.15, 0.2) is 0 Å². The second-order valence-electron chi connectivity index (χ2n) is 3.05. The standard InChI is InChI=1S/C10H5O8/c11-7(12)3-1-2-4(8(13)14)6(10(17)18)5(3)9(15)16/h1H,(H,11,12)(H,13,14)(H,15,16)(H,17,18). The molecule has 8 heteroatoms. The van der Waals surface area contributed by atoms with Crippen LogP contribution >= 0.6 is 0 Å². The number of carbonyl (C=O) groups is 4. The molecule has 0 aromatic heterocycles. The average molecular weight is 253 g/mol. The fourth-order valence-corrected chi connectivity index (χ4v) is 1.32. The maximum Gasteiger partial charge on any atom is 0.337 e. The van der Waals surface area contributed by atoms with Crippen molar-refractivity contribution < 1.29 is 39.6 Å². The van der Waals surface area contributed by atoms with E-state index in [4.69, 9.17) is 20.4 Å². The van der Waals surface area contributed by atoms with Crippen LogP contribution in [0.15, 0.2) is 6.07 Å². The van der Waals surface area contributed by atoms with Crippen molar-refractivity contribution in [2.24, 2.45) is 0 Å². The van der Waals surface area contributed by atoms with Crippen LogP contribution in [0.1, 0.15) is 41.4 Å². The zero-order valence-corrected chi connectivity index (χ0v) is 8.50. The van der Waals surface area contributed by atoms with Crippen LogP contribution in [0.4, 0.5) is 0 Å². The summed E-state index contributed by atoms with van der Waals surface area (Å²) in [5.41, 5.74) is -3.96. The summed E-state index contributed by atoms with van der Waals surface area (Å²) in [4.78, 5) is 43.3. The van der Waals surface area contributed by atoms with Crippen LogP contribution in [0.25, 0.3) is 0 Å². The molecule has 0 unspecified atom stereocenters. The molecule has 0 aliphatic heterocycles. The van der Waals surface area contributed by atoms with Gasteiger partial charge in [0, 0.05) is 0 Å². The topological polar surface area (TPSA) is 149 Å². The lowest BCUT2D eigenvalue weighted by Gasteiger charge is -2.08. The second kappa shape index (κ2) is 4.53. The first-order chi connectivity index (χ1) is 8.27. The number of carboxylic acids is 4. The van der Waals surface area contributed by atoms with Crippen molar-refractivity contribution in [3.63, 3.8) is 0 Å². The third kappa shape index (κ3) is 2.12. The molecule has 4 N–H and O–H groups in total. The van der Waals surface area contributed by atoms with Gasteiger partial charge in [-0.15, -0.1) is 0 Å². The van der Waals surface area contributed by atoms with E-state index >= 15 is 0 Å². The number of hydrogen-bond donors (Lipinski definition) is 4. The Morgan fingerprint density at radius 2 is 1.28 bits per heavy atom. The van der Waals surface area contributed by atoms with Crippen LogP contribution in [-0.2, 0) is 0 Å². The first-order valence-corrected chi connectivity index (χ1v) is 4.29. The highest BCUT2D eigenvalue weighted by Gasteiger charge is 2.29. The molecular weight excluding hydrogens is 248 g/mol. The lowest BCUT2D eigenvalue weighted by molar-refractivity contribution is 0.0619. The highest BCUT2D eigenvalue weighted by molar-refractivity contribution is 6.13. The minimum atomic E-state index is -1.86. The number of benzene rings is 1. The number of hydrogen-bond acceptors (Lipinski definition) is 4. The zero-order valence-electron chi connectivity index (χ0n) is 8.50. The summed E-state index contributed by atoms with van der Waals surface area (Å²) in [7, 11) is 0. The summed E-state index contributed by atoms with van der Waals surface area (Å²) >= 11 is 0. The van der Waals surface area contributed by atoms with Crippen molar-refractivity contribution >= 4 is 23.9 Å². The van der Waals surface area contributed by atoms with E-state index in [2.05, 4.69) is 0 Å². The maximum atomic E-state index is 10.9. The van der Waals surface area contributed by atoms with E-state index in [9.17, 15) is 19.2 Å². The van der Waals surface area contributed by atoms with E-state index in [0.29, 0.717) is 6.07 Å². The van der Waals surface area contributed by atoms with Gasteiger partial charge in [-0.3, -0.25) is 0 Å². The van der Waals surface area contributed by atoms with Crippen LogP contribution in [0, 0.1) is 6.07 Å². The zero-order chi connectivity index (χ0) is 14.0. The first-order valence-electron chi connectivity index (χ1n) is 4.29. The lowest BCUT2D eigenvalue weighted by Crippen LogP contribution is -2.19. The van der Waals surface area contributed by atoms with E-state index in [1.54, 1.807) is 0 Å². The van der Waals surface area contributed by atoms with Gasteiger partial charge in [-0.2, -0.15) is 0 Å². The predicted molar refractivity (Wildman–Crippen MR) is 53.1 cm³/mol. The fraction of sp³-hybridized carbons (Fsp3) is 0. The molecule has 0 aliphatic rings. The van der Waals surface area contributed by atoms with Crippen molar-refractivity contribution in [2.45, 2.75) is 0 Å². The SMILES string of the molecule is O=C(O)c1[c]cc(C(=O)O)c(C(=O)O)c1C(=O)O. The molecule has 0 spiro atoms. The molecule has 0 saturated carbocycles. The molecule has 1 aromatic rings. The minimum absolute atomic E-state index is 0.613. The normalized spacial score (nSPS) is 9.78. The Kier molecular flexibility index (Phi) is 3.32. The molecule has 1 radical (unpaired) electrons. The Morgan fingerprint density at radius 1 is 0.778 bits per heavy atom. The van der Waals surface area contributed by atoms with Gasteiger partial charge >= 0.3 is 23.9 Å². The largest absolute Gasteiger partial charge is 0.478 e. The molecule has 0 aliphatic carbocycles. The van der Waals surface area contributed by atoms with Gasteiger partial charge in [0.25, 0.3) is 0 Å². The highest BCUT2D eigenvalue weighted by atomic mass is 16.4. The summed E-state index contributed by atoms with van der Waals surface area (Å²) in [5.74, 6) is -7.11. The van der Waals surface area contributed by atoms with Gasteiger partial charge in [0.05, 0.1) is 22.3 Å². The molecule has 0 amide bonds. The van der Waals surface area contributed by atoms with Crippen LogP contribution in [-0.4, -0.2) is 44.3 Å². The van der Waals surface area contributed by atoms with Gasteiger partial charge in [-0.05, 0) is 12.1 Å². The van der Waals surface area contributed by atoms with E-state index in [-0.39, 0.29) is 0 Å². The molecule has 0 fully saturated rings. The molecule has 1 rings (SSSR count). The maximum absolute atomic E-state index is 10.9. The Labute approximate surface area is 98.7 Å². The third-order valence-corrected chi connectivity index (χ3v) is 2.00. The van der Waals surface area contributed by atoms with Crippen molar-refractivity contribution in [2.75, 3.05) is 0 Å². The van der Waals surface area contributed by atoms with Crippen LogP contribution in [0.2, 0.25) is 0 Å². The molecule has 1 aromatic carbocycles. The predicted octanol–water partition coefficient (Wildman–Crippen LogP) is 0.280. The van der Waals surface area contributed by atoms with Gasteiger partial charge in [0.1, 0.15) is 0 Å². The molecule has 0 heterocycles. The quantitative estimate of drug-likeness (QED) is 0.597. The lowest BCUT2D eigenvalue weighted by atomic mass is 9.95. The van der Waals surface area contributed by atoms with Gasteiger partial charge in [-0.1, -0.05) is 0 Å². The Morgan fingerprint density at radius 3 is 1.61 bits per heavy atom. The molecule has 0 atom stereocenters. The van der Waals surface area contributed by atoms with E-state index in [1.807, 2.05) is 6.07 Å². The van der Waals surface area contributed by atoms with Crippen molar-refractivity contribution in [1.82, 2.24) is 0 Å². The van der Waals surface area contributed by atoms with Gasteiger partial charge in [0.2, 0.25) is 0 Å². The van der Waals surface area contributed by atoms with Crippen molar-refractivity contribution in [1.29, 1.82) is 0 Å². The van der Waals surface area contributed by atoms with Crippen LogP contribution in [0.5, 0.6) is 0 Å². The number of carboxylic acid groups (broad SMARTS) is 4. The minimum Gasteiger partial charge on any atom is -0.478 e. The fourth-order valence-electron chi connectivity index (χ4n) is 1.32. The Balaban J connectivity index is 3.82. The molecule has 93 valence electrons. The van der Waals surface area contributed by atoms with Crippen LogP contribution < -0.4 is 0 Å². The van der Waals surface area contributed by atoms with E-state index in [1.165, 1.54) is 0 Å². The number of aromatic carboxylic acids is 4. The Hall–Kier alpha value is -2.90. The molecule has 18 heavy (non-hydrogen) atoms. The summed E-state index contributed by atoms with van der Waals surface area (Å²) in [5, 5.41) is 35.1. The van der Waals surface area contributed by atoms with E-state index in [0.717, 1.165) is 0 Å². The summed E-state index contributed by atoms with van der Waals surface area (Å²) < 4.78 is 0. The molecule has 0 bridgehead atoms. The first kappa shape index (κ1) is 13.2. The van der Waals surface area contributed by atoms with Gasteiger partial charge < -0.3 is 20.4 Å². The second-order valence-corrected chi connectivity index (χ2v) is 3.05. The van der Waals surface area contributed by atoms with Crippen molar-refractivity contribution in [3.8, 4) is 0 Å². The molecule has 0 saturated heterocycles. The monoisotopic (exact) mass is 253 g/mol. The number of rotatable bonds is 4. The smallest absolute Gasteiger partial charge is 0.337 e. The summed E-state index contributed by atoms with van der Waals surface area (Å²) in [6.45, 7) is 0. The summed E-state index contributed by atoms with van der Waals surface area (Å²) in [6.07, 6.45) is 0. The third-order valence-electron chi connectivity index (χ3n) is 2.00. The summed E-state index contributed by atoms with van der Waals surface area (Å²) in [6, 6.07) is 2.55. The van der Waals surface area contributed by atoms with Gasteiger partial charge in [-0.25, -0.2) is 19.2 Å². The molecular formula is C10H5O8. The van der Waals surface area contributed by atoms with Crippen LogP contribution in [0.3, 0.4) is 0 Å². The Bertz CT molecular complexity index is 520. The highest BCUT2D eigenvalue weighted by Crippen LogP contribution is 2.20. The van der Waals surface area contributed by atoms with E-state index < -0.39 is 46.1 Å².